The molecule has 2 rings (SSSR count). The lowest BCUT2D eigenvalue weighted by molar-refractivity contribution is -0.156. The fourth-order valence-electron chi connectivity index (χ4n) is 1.88. The molecule has 4 nitrogen and oxygen atoms in total. The van der Waals surface area contributed by atoms with Crippen molar-refractivity contribution >= 4 is 11.8 Å². The number of methoxy groups -OCH3 is 1. The normalized spacial score (nSPS) is 23.1. The number of hydrogen-bond donors (Lipinski definition) is 0. The maximum atomic E-state index is 14.5. The maximum Gasteiger partial charge on any atom is 0.348 e. The SMILES string of the molecule is COC(=O)C1(F)CCC(=O)c2ncc(F)cc21. The van der Waals surface area contributed by atoms with Gasteiger partial charge >= 0.3 is 5.97 Å². The summed E-state index contributed by atoms with van der Waals surface area (Å²) in [6, 6.07) is 0.816. The molecule has 0 aromatic carbocycles. The lowest BCUT2D eigenvalue weighted by Crippen LogP contribution is -2.38. The lowest BCUT2D eigenvalue weighted by atomic mass is 9.82. The van der Waals surface area contributed by atoms with Crippen LogP contribution in [0.4, 0.5) is 8.78 Å². The van der Waals surface area contributed by atoms with Crippen LogP contribution in [0.2, 0.25) is 0 Å². The van der Waals surface area contributed by atoms with E-state index in [4.69, 9.17) is 0 Å². The van der Waals surface area contributed by atoms with Crippen molar-refractivity contribution < 1.29 is 23.1 Å². The molecule has 0 saturated carbocycles. The third kappa shape index (κ3) is 1.69. The molecule has 1 aromatic rings. The number of ether oxygens (including phenoxy) is 1. The van der Waals surface area contributed by atoms with Gasteiger partial charge in [0.05, 0.1) is 13.3 Å². The first-order valence-corrected chi connectivity index (χ1v) is 4.95. The molecule has 17 heavy (non-hydrogen) atoms. The molecule has 0 N–H and O–H groups in total. The van der Waals surface area contributed by atoms with Crippen molar-refractivity contribution in [1.82, 2.24) is 4.98 Å². The Morgan fingerprint density at radius 2 is 2.29 bits per heavy atom. The number of aromatic nitrogens is 1. The van der Waals surface area contributed by atoms with Gasteiger partial charge in [0.15, 0.2) is 5.78 Å². The predicted molar refractivity (Wildman–Crippen MR) is 52.6 cm³/mol. The molecule has 0 saturated heterocycles. The first kappa shape index (κ1) is 11.6. The molecule has 0 bridgehead atoms. The molecule has 1 aliphatic rings. The molecule has 0 radical (unpaired) electrons. The molecule has 1 aliphatic carbocycles. The van der Waals surface area contributed by atoms with Crippen molar-refractivity contribution in [3.8, 4) is 0 Å². The summed E-state index contributed by atoms with van der Waals surface area (Å²) in [6.07, 6.45) is 0.313. The summed E-state index contributed by atoms with van der Waals surface area (Å²) < 4.78 is 31.9. The molecule has 1 heterocycles. The van der Waals surface area contributed by atoms with E-state index in [2.05, 4.69) is 9.72 Å². The van der Waals surface area contributed by atoms with Crippen LogP contribution in [-0.2, 0) is 15.2 Å². The Bertz CT molecular complexity index is 503. The summed E-state index contributed by atoms with van der Waals surface area (Å²) in [5, 5.41) is 0. The summed E-state index contributed by atoms with van der Waals surface area (Å²) >= 11 is 0. The highest BCUT2D eigenvalue weighted by molar-refractivity contribution is 6.00. The number of fused-ring (bicyclic) bond motifs is 1. The molecule has 0 aliphatic heterocycles. The van der Waals surface area contributed by atoms with Gasteiger partial charge < -0.3 is 4.74 Å². The zero-order chi connectivity index (χ0) is 12.6. The summed E-state index contributed by atoms with van der Waals surface area (Å²) in [6.45, 7) is 0. The van der Waals surface area contributed by atoms with E-state index in [1.807, 2.05) is 0 Å². The largest absolute Gasteiger partial charge is 0.466 e. The van der Waals surface area contributed by atoms with Crippen LogP contribution in [0.15, 0.2) is 12.3 Å². The zero-order valence-electron chi connectivity index (χ0n) is 9.00. The maximum absolute atomic E-state index is 14.5. The van der Waals surface area contributed by atoms with Crippen molar-refractivity contribution in [2.45, 2.75) is 18.5 Å². The number of esters is 1. The number of rotatable bonds is 1. The van der Waals surface area contributed by atoms with Crippen LogP contribution < -0.4 is 0 Å². The van der Waals surface area contributed by atoms with E-state index < -0.39 is 23.2 Å². The molecule has 6 heteroatoms. The molecular formula is C11H9F2NO3. The highest BCUT2D eigenvalue weighted by atomic mass is 19.1. The number of halogens is 2. The van der Waals surface area contributed by atoms with Crippen LogP contribution in [0.25, 0.3) is 0 Å². The van der Waals surface area contributed by atoms with Crippen molar-refractivity contribution in [1.29, 1.82) is 0 Å². The Morgan fingerprint density at radius 1 is 1.59 bits per heavy atom. The fourth-order valence-corrected chi connectivity index (χ4v) is 1.88. The highest BCUT2D eigenvalue weighted by Gasteiger charge is 2.48. The van der Waals surface area contributed by atoms with Crippen LogP contribution in [0.3, 0.4) is 0 Å². The van der Waals surface area contributed by atoms with E-state index in [-0.39, 0.29) is 24.1 Å². The number of pyridine rings is 1. The van der Waals surface area contributed by atoms with Crippen molar-refractivity contribution in [2.24, 2.45) is 0 Å². The van der Waals surface area contributed by atoms with Crippen molar-refractivity contribution in [3.05, 3.63) is 29.3 Å². The molecule has 0 amide bonds. The summed E-state index contributed by atoms with van der Waals surface area (Å²) in [5.74, 6) is -2.35. The van der Waals surface area contributed by atoms with Crippen molar-refractivity contribution in [3.63, 3.8) is 0 Å². The number of hydrogen-bond acceptors (Lipinski definition) is 4. The summed E-state index contributed by atoms with van der Waals surface area (Å²) in [5.41, 5.74) is -3.04. The minimum Gasteiger partial charge on any atom is -0.466 e. The van der Waals surface area contributed by atoms with Gasteiger partial charge in [-0.1, -0.05) is 0 Å². The van der Waals surface area contributed by atoms with E-state index in [1.54, 1.807) is 0 Å². The third-order valence-corrected chi connectivity index (χ3v) is 2.75. The van der Waals surface area contributed by atoms with Crippen LogP contribution in [0.1, 0.15) is 28.9 Å². The van der Waals surface area contributed by atoms with Crippen LogP contribution in [-0.4, -0.2) is 23.8 Å². The zero-order valence-corrected chi connectivity index (χ0v) is 9.00. The van der Waals surface area contributed by atoms with Gasteiger partial charge in [-0.25, -0.2) is 18.6 Å². The van der Waals surface area contributed by atoms with Crippen molar-refractivity contribution in [2.75, 3.05) is 7.11 Å². The van der Waals surface area contributed by atoms with Gasteiger partial charge in [-0.3, -0.25) is 4.79 Å². The van der Waals surface area contributed by atoms with Gasteiger partial charge in [0, 0.05) is 18.4 Å². The number of nitrogens with zero attached hydrogens (tertiary/aromatic N) is 1. The number of Topliss-reactive ketones (excluding diaryl/α,β-unsaturated/α-hetero) is 1. The molecule has 0 fully saturated rings. The smallest absolute Gasteiger partial charge is 0.348 e. The number of alkyl halides is 1. The van der Waals surface area contributed by atoms with Crippen LogP contribution >= 0.6 is 0 Å². The summed E-state index contributed by atoms with van der Waals surface area (Å²) in [7, 11) is 1.03. The molecule has 0 spiro atoms. The average molecular weight is 241 g/mol. The minimum absolute atomic E-state index is 0.156. The van der Waals surface area contributed by atoms with Crippen LogP contribution in [0, 0.1) is 5.82 Å². The molecule has 1 aromatic heterocycles. The standard InChI is InChI=1S/C11H9F2NO3/c1-17-10(16)11(13)3-2-8(15)9-7(11)4-6(12)5-14-9/h4-5H,2-3H2,1H3. The second kappa shape index (κ2) is 3.87. The van der Waals surface area contributed by atoms with E-state index in [0.29, 0.717) is 0 Å². The first-order valence-electron chi connectivity index (χ1n) is 4.95. The third-order valence-electron chi connectivity index (χ3n) is 2.75. The average Bonchev–Trinajstić information content (AvgIpc) is 2.33. The Balaban J connectivity index is 2.62. The number of ketones is 1. The van der Waals surface area contributed by atoms with Gasteiger partial charge in [0.2, 0.25) is 5.67 Å². The summed E-state index contributed by atoms with van der Waals surface area (Å²) in [4.78, 5) is 26.4. The first-order chi connectivity index (χ1) is 7.99. The van der Waals surface area contributed by atoms with E-state index >= 15 is 0 Å². The highest BCUT2D eigenvalue weighted by Crippen LogP contribution is 2.39. The Kier molecular flexibility index (Phi) is 2.65. The fraction of sp³-hybridized carbons (Fsp3) is 0.364. The van der Waals surface area contributed by atoms with Gasteiger partial charge in [-0.15, -0.1) is 0 Å². The molecule has 1 atom stereocenters. The van der Waals surface area contributed by atoms with Gasteiger partial charge in [-0.05, 0) is 6.07 Å². The van der Waals surface area contributed by atoms with E-state index in [0.717, 1.165) is 19.4 Å². The molecule has 90 valence electrons. The predicted octanol–water partition coefficient (Wildman–Crippen LogP) is 1.53. The van der Waals surface area contributed by atoms with Gasteiger partial charge in [0.1, 0.15) is 11.5 Å². The molecular weight excluding hydrogens is 232 g/mol. The minimum atomic E-state index is -2.49. The Hall–Kier alpha value is -1.85. The van der Waals surface area contributed by atoms with Crippen LogP contribution in [0.5, 0.6) is 0 Å². The molecule has 1 unspecified atom stereocenters. The lowest BCUT2D eigenvalue weighted by Gasteiger charge is -2.27. The number of carbonyl (C=O) groups is 2. The second-order valence-electron chi connectivity index (χ2n) is 3.77. The van der Waals surface area contributed by atoms with E-state index in [1.165, 1.54) is 0 Å². The quantitative estimate of drug-likeness (QED) is 0.700. The Morgan fingerprint density at radius 3 is 2.94 bits per heavy atom. The van der Waals surface area contributed by atoms with Gasteiger partial charge in [-0.2, -0.15) is 0 Å². The topological polar surface area (TPSA) is 56.3 Å². The number of carbonyl (C=O) groups excluding carboxylic acids is 2. The Labute approximate surface area is 95.6 Å². The monoisotopic (exact) mass is 241 g/mol. The van der Waals surface area contributed by atoms with Gasteiger partial charge in [0.25, 0.3) is 0 Å². The van der Waals surface area contributed by atoms with E-state index in [9.17, 15) is 18.4 Å². The second-order valence-corrected chi connectivity index (χ2v) is 3.77.